The lowest BCUT2D eigenvalue weighted by Gasteiger charge is -2.24. The summed E-state index contributed by atoms with van der Waals surface area (Å²) >= 11 is 0. The quantitative estimate of drug-likeness (QED) is 0.600. The summed E-state index contributed by atoms with van der Waals surface area (Å²) in [7, 11) is 0. The topological polar surface area (TPSA) is 71.5 Å². The first-order chi connectivity index (χ1) is 13.2. The smallest absolute Gasteiger partial charge is 0.310 e. The van der Waals surface area contributed by atoms with Crippen molar-refractivity contribution in [2.75, 3.05) is 5.32 Å². The number of anilines is 2. The Kier molecular flexibility index (Phi) is 7.05. The molecule has 0 spiro atoms. The van der Waals surface area contributed by atoms with Crippen LogP contribution in [0.2, 0.25) is 0 Å². The first kappa shape index (κ1) is 21.7. The second-order valence-corrected chi connectivity index (χ2v) is 7.54. The molecule has 5 heteroatoms. The third kappa shape index (κ3) is 4.83. The van der Waals surface area contributed by atoms with Gasteiger partial charge in [0.2, 0.25) is 0 Å². The Morgan fingerprint density at radius 1 is 1.11 bits per heavy atom. The Balaban J connectivity index is 2.62. The third-order valence-corrected chi connectivity index (χ3v) is 5.08. The maximum absolute atomic E-state index is 11.8. The van der Waals surface area contributed by atoms with Crippen molar-refractivity contribution in [3.63, 3.8) is 0 Å². The van der Waals surface area contributed by atoms with Crippen molar-refractivity contribution in [1.29, 1.82) is 0 Å². The van der Waals surface area contributed by atoms with E-state index in [1.54, 1.807) is 6.92 Å². The van der Waals surface area contributed by atoms with Gasteiger partial charge < -0.3 is 15.2 Å². The van der Waals surface area contributed by atoms with Crippen molar-refractivity contribution in [2.45, 2.75) is 73.3 Å². The highest BCUT2D eigenvalue weighted by atomic mass is 16.5. The van der Waals surface area contributed by atoms with Crippen LogP contribution in [0, 0.1) is 27.7 Å². The molecule has 0 aliphatic rings. The second-order valence-electron chi connectivity index (χ2n) is 7.54. The number of aromatic nitrogens is 1. The number of hydrogen-bond acceptors (Lipinski definition) is 4. The predicted octanol–water partition coefficient (Wildman–Crippen LogP) is 5.81. The molecule has 2 N–H and O–H groups in total. The number of nitrogens with zero attached hydrogens (tertiary/aromatic N) is 1. The molecule has 0 bridgehead atoms. The Morgan fingerprint density at radius 3 is 2.18 bits per heavy atom. The molecule has 0 amide bonds. The van der Waals surface area contributed by atoms with Gasteiger partial charge in [-0.3, -0.25) is 4.79 Å². The Labute approximate surface area is 168 Å². The number of nitrogens with one attached hydrogen (secondary N) is 1. The van der Waals surface area contributed by atoms with E-state index in [1.165, 1.54) is 5.56 Å². The SMILES string of the molecule is CCC(CC)Oc1cc(C)nc(Nc2c(C)cc(C)cc2C)c1C(C)C(=O)O. The fourth-order valence-electron chi connectivity index (χ4n) is 3.52. The van der Waals surface area contributed by atoms with Crippen LogP contribution in [0.5, 0.6) is 5.75 Å². The molecular formula is C23H32N2O3. The number of benzene rings is 1. The highest BCUT2D eigenvalue weighted by molar-refractivity contribution is 5.81. The maximum atomic E-state index is 11.8. The average Bonchev–Trinajstić information content (AvgIpc) is 2.61. The van der Waals surface area contributed by atoms with Gasteiger partial charge in [-0.05, 0) is 58.6 Å². The van der Waals surface area contributed by atoms with E-state index < -0.39 is 11.9 Å². The number of hydrogen-bond donors (Lipinski definition) is 2. The van der Waals surface area contributed by atoms with E-state index in [4.69, 9.17) is 4.74 Å². The van der Waals surface area contributed by atoms with Gasteiger partial charge in [-0.15, -0.1) is 0 Å². The Morgan fingerprint density at radius 2 is 1.68 bits per heavy atom. The molecule has 1 unspecified atom stereocenters. The number of rotatable bonds is 8. The van der Waals surface area contributed by atoms with E-state index in [0.717, 1.165) is 35.3 Å². The van der Waals surface area contributed by atoms with Gasteiger partial charge in [0, 0.05) is 17.4 Å². The molecule has 1 heterocycles. The van der Waals surface area contributed by atoms with Crippen LogP contribution in [0.25, 0.3) is 0 Å². The monoisotopic (exact) mass is 384 g/mol. The minimum atomic E-state index is -0.902. The molecule has 28 heavy (non-hydrogen) atoms. The highest BCUT2D eigenvalue weighted by Gasteiger charge is 2.26. The summed E-state index contributed by atoms with van der Waals surface area (Å²) < 4.78 is 6.21. The van der Waals surface area contributed by atoms with Crippen molar-refractivity contribution in [3.8, 4) is 5.75 Å². The summed E-state index contributed by atoms with van der Waals surface area (Å²) in [5, 5.41) is 13.1. The van der Waals surface area contributed by atoms with Crippen LogP contribution in [-0.4, -0.2) is 22.2 Å². The van der Waals surface area contributed by atoms with E-state index in [2.05, 4.69) is 43.2 Å². The van der Waals surface area contributed by atoms with Crippen LogP contribution in [0.1, 0.15) is 67.5 Å². The zero-order valence-corrected chi connectivity index (χ0v) is 18.0. The minimum absolute atomic E-state index is 0.0391. The summed E-state index contributed by atoms with van der Waals surface area (Å²) in [6, 6.07) is 6.05. The second kappa shape index (κ2) is 9.09. The molecule has 0 radical (unpaired) electrons. The molecule has 0 saturated heterocycles. The number of carboxylic acids is 1. The molecule has 1 aromatic heterocycles. The van der Waals surface area contributed by atoms with Crippen LogP contribution in [-0.2, 0) is 4.79 Å². The lowest BCUT2D eigenvalue weighted by Crippen LogP contribution is -2.19. The van der Waals surface area contributed by atoms with Crippen molar-refractivity contribution in [1.82, 2.24) is 4.98 Å². The van der Waals surface area contributed by atoms with Crippen molar-refractivity contribution >= 4 is 17.5 Å². The number of carbonyl (C=O) groups is 1. The summed E-state index contributed by atoms with van der Waals surface area (Å²) in [6.45, 7) is 13.9. The first-order valence-corrected chi connectivity index (χ1v) is 9.93. The van der Waals surface area contributed by atoms with E-state index in [-0.39, 0.29) is 6.10 Å². The molecule has 0 saturated carbocycles. The van der Waals surface area contributed by atoms with Crippen LogP contribution in [0.3, 0.4) is 0 Å². The molecule has 0 aliphatic carbocycles. The molecule has 1 aromatic carbocycles. The number of aliphatic carboxylic acids is 1. The van der Waals surface area contributed by atoms with E-state index in [1.807, 2.05) is 26.8 Å². The fraction of sp³-hybridized carbons (Fsp3) is 0.478. The number of aryl methyl sites for hydroxylation is 4. The number of carboxylic acid groups (broad SMARTS) is 1. The van der Waals surface area contributed by atoms with Gasteiger partial charge in [-0.25, -0.2) is 4.98 Å². The lowest BCUT2D eigenvalue weighted by molar-refractivity contribution is -0.138. The summed E-state index contributed by atoms with van der Waals surface area (Å²) in [4.78, 5) is 16.5. The summed E-state index contributed by atoms with van der Waals surface area (Å²) in [5.74, 6) is -0.501. The normalized spacial score (nSPS) is 12.1. The molecular weight excluding hydrogens is 352 g/mol. The Hall–Kier alpha value is -2.56. The van der Waals surface area contributed by atoms with E-state index in [0.29, 0.717) is 17.1 Å². The van der Waals surface area contributed by atoms with Gasteiger partial charge in [0.05, 0.1) is 17.6 Å². The van der Waals surface area contributed by atoms with E-state index in [9.17, 15) is 9.90 Å². The van der Waals surface area contributed by atoms with Crippen LogP contribution < -0.4 is 10.1 Å². The van der Waals surface area contributed by atoms with Crippen molar-refractivity contribution in [2.24, 2.45) is 0 Å². The van der Waals surface area contributed by atoms with Crippen molar-refractivity contribution in [3.05, 3.63) is 46.1 Å². The minimum Gasteiger partial charge on any atom is -0.490 e. The van der Waals surface area contributed by atoms with Crippen LogP contribution >= 0.6 is 0 Å². The molecule has 152 valence electrons. The largest absolute Gasteiger partial charge is 0.490 e. The average molecular weight is 385 g/mol. The zero-order valence-electron chi connectivity index (χ0n) is 18.0. The van der Waals surface area contributed by atoms with Gasteiger partial charge in [0.15, 0.2) is 0 Å². The fourth-order valence-corrected chi connectivity index (χ4v) is 3.52. The predicted molar refractivity (Wildman–Crippen MR) is 114 cm³/mol. The Bertz CT molecular complexity index is 834. The maximum Gasteiger partial charge on any atom is 0.310 e. The zero-order chi connectivity index (χ0) is 21.0. The number of pyridine rings is 1. The van der Waals surface area contributed by atoms with Gasteiger partial charge in [0.1, 0.15) is 11.6 Å². The molecule has 1 atom stereocenters. The van der Waals surface area contributed by atoms with E-state index >= 15 is 0 Å². The van der Waals surface area contributed by atoms with Gasteiger partial charge in [-0.2, -0.15) is 0 Å². The van der Waals surface area contributed by atoms with Crippen LogP contribution in [0.4, 0.5) is 11.5 Å². The highest BCUT2D eigenvalue weighted by Crippen LogP contribution is 2.37. The first-order valence-electron chi connectivity index (χ1n) is 9.93. The van der Waals surface area contributed by atoms with Crippen LogP contribution in [0.15, 0.2) is 18.2 Å². The summed E-state index contributed by atoms with van der Waals surface area (Å²) in [5.41, 5.74) is 5.71. The molecule has 2 rings (SSSR count). The summed E-state index contributed by atoms with van der Waals surface area (Å²) in [6.07, 6.45) is 1.76. The number of ether oxygens (including phenoxy) is 1. The molecule has 2 aromatic rings. The van der Waals surface area contributed by atoms with Gasteiger partial charge in [-0.1, -0.05) is 31.5 Å². The molecule has 0 aliphatic heterocycles. The van der Waals surface area contributed by atoms with Gasteiger partial charge in [0.25, 0.3) is 0 Å². The third-order valence-electron chi connectivity index (χ3n) is 5.08. The lowest BCUT2D eigenvalue weighted by atomic mass is 9.99. The van der Waals surface area contributed by atoms with Gasteiger partial charge >= 0.3 is 5.97 Å². The molecule has 0 fully saturated rings. The molecule has 5 nitrogen and oxygen atoms in total. The van der Waals surface area contributed by atoms with Crippen molar-refractivity contribution < 1.29 is 14.6 Å². The standard InChI is InChI=1S/C23H32N2O3/c1-8-18(9-2)28-19-12-16(6)24-22(20(19)17(7)23(26)27)25-21-14(4)10-13(3)11-15(21)5/h10-12,17-18H,8-9H2,1-7H3,(H,24,25)(H,26,27).